The molecule has 1 amide bonds. The highest BCUT2D eigenvalue weighted by atomic mass is 35.5. The average molecular weight is 383 g/mol. The number of halogens is 2. The van der Waals surface area contributed by atoms with Crippen LogP contribution in [0.15, 0.2) is 12.1 Å². The zero-order valence-electron chi connectivity index (χ0n) is 13.1. The van der Waals surface area contributed by atoms with E-state index in [4.69, 9.17) is 22.1 Å². The summed E-state index contributed by atoms with van der Waals surface area (Å²) < 4.78 is 28.3. The summed E-state index contributed by atoms with van der Waals surface area (Å²) in [4.78, 5) is 14.2. The molecule has 2 N–H and O–H groups in total. The van der Waals surface area contributed by atoms with Crippen molar-refractivity contribution in [1.82, 2.24) is 4.90 Å². The minimum Gasteiger partial charge on any atom is -0.496 e. The number of anilines is 1. The van der Waals surface area contributed by atoms with Gasteiger partial charge in [-0.2, -0.15) is 0 Å². The number of benzene rings is 1. The summed E-state index contributed by atoms with van der Waals surface area (Å²) in [6, 6.07) is 2.94. The van der Waals surface area contributed by atoms with Gasteiger partial charge in [0.25, 0.3) is 5.91 Å². The maximum atomic E-state index is 12.7. The summed E-state index contributed by atoms with van der Waals surface area (Å²) in [5, 5.41) is 0.257. The molecule has 0 saturated carbocycles. The van der Waals surface area contributed by atoms with Gasteiger partial charge in [0.15, 0.2) is 9.84 Å². The van der Waals surface area contributed by atoms with Crippen LogP contribution in [0.4, 0.5) is 5.69 Å². The molecular weight excluding hydrogens is 363 g/mol. The number of ether oxygens (including phenoxy) is 1. The molecule has 1 saturated heterocycles. The third-order valence-electron chi connectivity index (χ3n) is 3.88. The molecule has 0 atom stereocenters. The molecule has 0 aromatic heterocycles. The number of carbonyl (C=O) groups excluding carboxylic acids is 1. The van der Waals surface area contributed by atoms with Gasteiger partial charge in [-0.15, -0.1) is 12.4 Å². The number of carbonyl (C=O) groups is 1. The number of nitrogens with two attached hydrogens (primary N) is 1. The van der Waals surface area contributed by atoms with Crippen molar-refractivity contribution < 1.29 is 17.9 Å². The number of hydrogen-bond acceptors (Lipinski definition) is 5. The largest absolute Gasteiger partial charge is 0.496 e. The van der Waals surface area contributed by atoms with E-state index in [1.165, 1.54) is 24.1 Å². The maximum Gasteiger partial charge on any atom is 0.257 e. The first-order valence-corrected chi connectivity index (χ1v) is 8.76. The second kappa shape index (κ2) is 6.75. The SMILES string of the molecule is COc1cc(N)c(Cl)cc1C(=O)N1CCS(=O)(=O)C(C)(C)C1.Cl. The van der Waals surface area contributed by atoms with E-state index in [9.17, 15) is 13.2 Å². The lowest BCUT2D eigenvalue weighted by molar-refractivity contribution is 0.0740. The number of nitrogen functional groups attached to an aromatic ring is 1. The fraction of sp³-hybridized carbons (Fsp3) is 0.500. The van der Waals surface area contributed by atoms with Crippen LogP contribution in [0.1, 0.15) is 24.2 Å². The second-order valence-electron chi connectivity index (χ2n) is 5.88. The Kier molecular flexibility index (Phi) is 5.83. The average Bonchev–Trinajstić information content (AvgIpc) is 2.43. The fourth-order valence-corrected chi connectivity index (χ4v) is 3.92. The second-order valence-corrected chi connectivity index (χ2v) is 9.03. The molecule has 0 bridgehead atoms. The number of nitrogens with zero attached hydrogens (tertiary/aromatic N) is 1. The highest BCUT2D eigenvalue weighted by Crippen LogP contribution is 2.31. The van der Waals surface area contributed by atoms with Crippen molar-refractivity contribution in [3.8, 4) is 5.75 Å². The number of rotatable bonds is 2. The van der Waals surface area contributed by atoms with Gasteiger partial charge in [-0.3, -0.25) is 4.79 Å². The van der Waals surface area contributed by atoms with Crippen LogP contribution in [0.2, 0.25) is 5.02 Å². The smallest absolute Gasteiger partial charge is 0.257 e. The maximum absolute atomic E-state index is 12.7. The third-order valence-corrected chi connectivity index (χ3v) is 6.74. The van der Waals surface area contributed by atoms with Crippen LogP contribution >= 0.6 is 24.0 Å². The first-order chi connectivity index (χ1) is 10.1. The number of methoxy groups -OCH3 is 1. The Labute approximate surface area is 147 Å². The molecule has 0 radical (unpaired) electrons. The van der Waals surface area contributed by atoms with E-state index in [0.29, 0.717) is 11.4 Å². The van der Waals surface area contributed by atoms with Gasteiger partial charge in [-0.25, -0.2) is 8.42 Å². The van der Waals surface area contributed by atoms with Crippen LogP contribution in [0.3, 0.4) is 0 Å². The van der Waals surface area contributed by atoms with Crippen LogP contribution < -0.4 is 10.5 Å². The molecule has 1 aliphatic rings. The van der Waals surface area contributed by atoms with Crippen LogP contribution in [0, 0.1) is 0 Å². The van der Waals surface area contributed by atoms with Gasteiger partial charge in [0.05, 0.1) is 33.9 Å². The molecule has 23 heavy (non-hydrogen) atoms. The van der Waals surface area contributed by atoms with Crippen molar-refractivity contribution in [1.29, 1.82) is 0 Å². The lowest BCUT2D eigenvalue weighted by atomic mass is 10.1. The van der Waals surface area contributed by atoms with E-state index in [1.54, 1.807) is 13.8 Å². The Bertz CT molecular complexity index is 720. The van der Waals surface area contributed by atoms with Crippen molar-refractivity contribution in [3.05, 3.63) is 22.7 Å². The lowest BCUT2D eigenvalue weighted by Gasteiger charge is -2.37. The van der Waals surface area contributed by atoms with Gasteiger partial charge >= 0.3 is 0 Å². The Morgan fingerprint density at radius 1 is 1.39 bits per heavy atom. The zero-order chi connectivity index (χ0) is 16.7. The summed E-state index contributed by atoms with van der Waals surface area (Å²) in [5.74, 6) is -0.0589. The van der Waals surface area contributed by atoms with E-state index in [2.05, 4.69) is 0 Å². The van der Waals surface area contributed by atoms with Gasteiger partial charge < -0.3 is 15.4 Å². The Morgan fingerprint density at radius 3 is 2.52 bits per heavy atom. The van der Waals surface area contributed by atoms with Crippen LogP contribution in [-0.2, 0) is 9.84 Å². The number of sulfone groups is 1. The summed E-state index contributed by atoms with van der Waals surface area (Å²) in [6.45, 7) is 3.51. The van der Waals surface area contributed by atoms with Crippen molar-refractivity contribution in [2.24, 2.45) is 0 Å². The summed E-state index contributed by atoms with van der Waals surface area (Å²) in [5.41, 5.74) is 6.30. The number of hydrogen-bond donors (Lipinski definition) is 1. The molecule has 1 aromatic carbocycles. The normalized spacial score (nSPS) is 18.9. The van der Waals surface area contributed by atoms with Crippen molar-refractivity contribution in [2.75, 3.05) is 31.7 Å². The Morgan fingerprint density at radius 2 is 2.00 bits per heavy atom. The van der Waals surface area contributed by atoms with E-state index >= 15 is 0 Å². The molecule has 0 unspecified atom stereocenters. The van der Waals surface area contributed by atoms with Crippen LogP contribution in [0.5, 0.6) is 5.75 Å². The molecule has 0 aliphatic carbocycles. The van der Waals surface area contributed by atoms with E-state index < -0.39 is 14.6 Å². The van der Waals surface area contributed by atoms with Crippen LogP contribution in [-0.4, -0.2) is 49.9 Å². The topological polar surface area (TPSA) is 89.7 Å². The predicted molar refractivity (Wildman–Crippen MR) is 93.4 cm³/mol. The molecule has 130 valence electrons. The molecule has 1 heterocycles. The van der Waals surface area contributed by atoms with Crippen molar-refractivity contribution in [2.45, 2.75) is 18.6 Å². The van der Waals surface area contributed by atoms with Gasteiger partial charge in [0.2, 0.25) is 0 Å². The molecule has 1 fully saturated rings. The van der Waals surface area contributed by atoms with Crippen molar-refractivity contribution in [3.63, 3.8) is 0 Å². The Hall–Kier alpha value is -1.18. The minimum atomic E-state index is -3.21. The minimum absolute atomic E-state index is 0. The summed E-state index contributed by atoms with van der Waals surface area (Å²) in [7, 11) is -1.78. The molecule has 0 spiro atoms. The highest BCUT2D eigenvalue weighted by molar-refractivity contribution is 7.92. The van der Waals surface area contributed by atoms with Gasteiger partial charge in [-0.1, -0.05) is 11.6 Å². The lowest BCUT2D eigenvalue weighted by Crippen LogP contribution is -2.54. The molecule has 2 rings (SSSR count). The third kappa shape index (κ3) is 3.67. The van der Waals surface area contributed by atoms with E-state index in [-0.39, 0.29) is 47.7 Å². The van der Waals surface area contributed by atoms with E-state index in [1.807, 2.05) is 0 Å². The molecular formula is C14H20Cl2N2O4S. The zero-order valence-corrected chi connectivity index (χ0v) is 15.5. The molecule has 1 aliphatic heterocycles. The van der Waals surface area contributed by atoms with Crippen LogP contribution in [0.25, 0.3) is 0 Å². The molecule has 1 aromatic rings. The first-order valence-electron chi connectivity index (χ1n) is 6.73. The van der Waals surface area contributed by atoms with Gasteiger partial charge in [0.1, 0.15) is 5.75 Å². The predicted octanol–water partition coefficient (Wildman–Crippen LogP) is 2.00. The Balaban J connectivity index is 0.00000264. The summed E-state index contributed by atoms with van der Waals surface area (Å²) in [6.07, 6.45) is 0. The quantitative estimate of drug-likeness (QED) is 0.789. The standard InChI is InChI=1S/C14H19ClN2O4S.ClH/c1-14(2)8-17(4-5-22(14,19)20)13(18)9-6-10(15)11(16)7-12(9)21-3;/h6-7H,4-5,8,16H2,1-3H3;1H. The van der Waals surface area contributed by atoms with Gasteiger partial charge in [-0.05, 0) is 19.9 Å². The van der Waals surface area contributed by atoms with Crippen molar-refractivity contribution >= 4 is 45.4 Å². The summed E-state index contributed by atoms with van der Waals surface area (Å²) >= 11 is 5.98. The van der Waals surface area contributed by atoms with E-state index in [0.717, 1.165) is 0 Å². The number of amides is 1. The molecule has 6 nitrogen and oxygen atoms in total. The molecule has 9 heteroatoms. The monoisotopic (exact) mass is 382 g/mol. The fourth-order valence-electron chi connectivity index (χ4n) is 2.39. The first kappa shape index (κ1) is 19.9. The highest BCUT2D eigenvalue weighted by Gasteiger charge is 2.42. The van der Waals surface area contributed by atoms with Gasteiger partial charge in [0, 0.05) is 19.2 Å².